The summed E-state index contributed by atoms with van der Waals surface area (Å²) in [4.78, 5) is 8.03. The molecular formula is C19H18FN7O. The third-order valence-electron chi connectivity index (χ3n) is 4.57. The number of anilines is 2. The molecule has 0 bridgehead atoms. The highest BCUT2D eigenvalue weighted by atomic mass is 19.1. The first-order chi connectivity index (χ1) is 13.6. The first-order valence-electron chi connectivity index (χ1n) is 8.88. The smallest absolute Gasteiger partial charge is 0.165 e. The number of H-pyrrole nitrogens is 1. The molecule has 0 unspecified atom stereocenters. The Morgan fingerprint density at radius 1 is 1.25 bits per heavy atom. The number of halogens is 1. The summed E-state index contributed by atoms with van der Waals surface area (Å²) in [6.45, 7) is 0. The summed E-state index contributed by atoms with van der Waals surface area (Å²) in [7, 11) is 0. The fourth-order valence-corrected chi connectivity index (χ4v) is 3.19. The molecule has 2 aromatic heterocycles. The average molecular weight is 379 g/mol. The van der Waals surface area contributed by atoms with Crippen LogP contribution in [0.15, 0.2) is 36.7 Å². The van der Waals surface area contributed by atoms with Gasteiger partial charge in [0.2, 0.25) is 0 Å². The molecule has 1 fully saturated rings. The minimum Gasteiger partial charge on any atom is -0.487 e. The van der Waals surface area contributed by atoms with Crippen molar-refractivity contribution in [2.24, 2.45) is 5.73 Å². The van der Waals surface area contributed by atoms with Gasteiger partial charge >= 0.3 is 0 Å². The van der Waals surface area contributed by atoms with Gasteiger partial charge in [-0.15, -0.1) is 0 Å². The zero-order chi connectivity index (χ0) is 19.5. The van der Waals surface area contributed by atoms with Crippen LogP contribution < -0.4 is 15.8 Å². The van der Waals surface area contributed by atoms with Gasteiger partial charge in [-0.3, -0.25) is 5.10 Å². The number of ether oxygens (including phenoxy) is 1. The van der Waals surface area contributed by atoms with Crippen LogP contribution in [0, 0.1) is 17.1 Å². The van der Waals surface area contributed by atoms with Crippen LogP contribution >= 0.6 is 0 Å². The van der Waals surface area contributed by atoms with Crippen molar-refractivity contribution in [2.75, 3.05) is 5.32 Å². The number of para-hydroxylation sites is 1. The van der Waals surface area contributed by atoms with Gasteiger partial charge in [-0.1, -0.05) is 6.07 Å². The highest BCUT2D eigenvalue weighted by molar-refractivity contribution is 5.70. The second kappa shape index (κ2) is 7.62. The normalized spacial score (nSPS) is 18.6. The van der Waals surface area contributed by atoms with Gasteiger partial charge < -0.3 is 15.8 Å². The molecule has 0 spiro atoms. The molecule has 4 rings (SSSR count). The third-order valence-corrected chi connectivity index (χ3v) is 4.57. The van der Waals surface area contributed by atoms with Gasteiger partial charge in [-0.25, -0.2) is 14.4 Å². The Morgan fingerprint density at radius 3 is 2.86 bits per heavy atom. The van der Waals surface area contributed by atoms with Crippen LogP contribution in [0.1, 0.15) is 25.0 Å². The number of rotatable bonds is 5. The van der Waals surface area contributed by atoms with E-state index in [9.17, 15) is 4.39 Å². The van der Waals surface area contributed by atoms with Crippen molar-refractivity contribution in [3.05, 3.63) is 48.2 Å². The summed E-state index contributed by atoms with van der Waals surface area (Å²) in [6, 6.07) is 8.49. The van der Waals surface area contributed by atoms with E-state index in [1.165, 1.54) is 18.5 Å². The minimum atomic E-state index is -0.431. The van der Waals surface area contributed by atoms with Crippen molar-refractivity contribution >= 4 is 11.6 Å². The lowest BCUT2D eigenvalue weighted by molar-refractivity contribution is 0.200. The maximum Gasteiger partial charge on any atom is 0.165 e. The van der Waals surface area contributed by atoms with Crippen LogP contribution in [0.5, 0.6) is 5.75 Å². The molecule has 0 aliphatic heterocycles. The largest absolute Gasteiger partial charge is 0.487 e. The number of nitrogens with one attached hydrogen (secondary N) is 2. The molecule has 9 heteroatoms. The van der Waals surface area contributed by atoms with Gasteiger partial charge in [-0.2, -0.15) is 10.4 Å². The molecule has 2 heterocycles. The Morgan fingerprint density at radius 2 is 2.14 bits per heavy atom. The van der Waals surface area contributed by atoms with E-state index in [4.69, 9.17) is 15.7 Å². The topological polar surface area (TPSA) is 126 Å². The Labute approximate surface area is 160 Å². The molecule has 8 nitrogen and oxygen atoms in total. The summed E-state index contributed by atoms with van der Waals surface area (Å²) < 4.78 is 20.4. The average Bonchev–Trinajstić information content (AvgIpc) is 3.33. The van der Waals surface area contributed by atoms with Crippen molar-refractivity contribution in [3.63, 3.8) is 0 Å². The highest BCUT2D eigenvalue weighted by Gasteiger charge is 2.25. The molecule has 1 saturated carbocycles. The molecule has 0 saturated heterocycles. The lowest BCUT2D eigenvalue weighted by Crippen LogP contribution is -2.19. The molecule has 2 atom stereocenters. The van der Waals surface area contributed by atoms with E-state index >= 15 is 0 Å². The molecule has 142 valence electrons. The van der Waals surface area contributed by atoms with Crippen LogP contribution in [0.25, 0.3) is 11.3 Å². The zero-order valence-corrected chi connectivity index (χ0v) is 14.9. The number of nitrogens with two attached hydrogens (primary N) is 1. The Balaban J connectivity index is 1.56. The summed E-state index contributed by atoms with van der Waals surface area (Å²) in [5, 5.41) is 18.8. The van der Waals surface area contributed by atoms with Gasteiger partial charge in [0.05, 0.1) is 18.1 Å². The van der Waals surface area contributed by atoms with E-state index < -0.39 is 5.82 Å². The van der Waals surface area contributed by atoms with Gasteiger partial charge in [0.15, 0.2) is 23.1 Å². The fraction of sp³-hybridized carbons (Fsp3) is 0.263. The SMILES string of the molecule is N#Cc1cnc(Nc2cc(-c3cccc(F)c3O[C@@H]3CC[C@H](N)C3)[nH]n2)cn1. The molecule has 3 aromatic rings. The number of hydrogen-bond donors (Lipinski definition) is 3. The molecule has 0 radical (unpaired) electrons. The van der Waals surface area contributed by atoms with Crippen molar-refractivity contribution in [1.82, 2.24) is 20.2 Å². The summed E-state index contributed by atoms with van der Waals surface area (Å²) in [5.41, 5.74) is 7.33. The Hall–Kier alpha value is -3.51. The summed E-state index contributed by atoms with van der Waals surface area (Å²) in [6.07, 6.45) is 5.09. The van der Waals surface area contributed by atoms with E-state index in [2.05, 4.69) is 25.5 Å². The number of nitriles is 1. The van der Waals surface area contributed by atoms with Crippen LogP contribution in [0.3, 0.4) is 0 Å². The quantitative estimate of drug-likeness (QED) is 0.622. The lowest BCUT2D eigenvalue weighted by atomic mass is 10.1. The Kier molecular flexibility index (Phi) is 4.87. The van der Waals surface area contributed by atoms with Crippen LogP contribution in [-0.4, -0.2) is 32.3 Å². The molecule has 1 aliphatic carbocycles. The maximum absolute atomic E-state index is 14.5. The second-order valence-electron chi connectivity index (χ2n) is 6.62. The number of aromatic amines is 1. The molecule has 1 aromatic carbocycles. The predicted octanol–water partition coefficient (Wildman–Crippen LogP) is 2.88. The maximum atomic E-state index is 14.5. The predicted molar refractivity (Wildman–Crippen MR) is 100 cm³/mol. The fourth-order valence-electron chi connectivity index (χ4n) is 3.19. The number of benzene rings is 1. The standard InChI is InChI=1S/C19H18FN7O/c20-15-3-1-2-14(19(15)28-13-5-4-11(22)6-13)16-7-17(27-26-16)25-18-10-23-12(8-21)9-24-18/h1-3,7,9-11,13H,4-6,22H2,(H2,24,25,26,27)/t11-,13+/m0/s1. The van der Waals surface area contributed by atoms with Crippen molar-refractivity contribution in [3.8, 4) is 23.1 Å². The zero-order valence-electron chi connectivity index (χ0n) is 14.9. The van der Waals surface area contributed by atoms with Gasteiger partial charge in [0.1, 0.15) is 18.0 Å². The van der Waals surface area contributed by atoms with Crippen LogP contribution in [0.2, 0.25) is 0 Å². The molecule has 1 aliphatic rings. The van der Waals surface area contributed by atoms with E-state index in [-0.39, 0.29) is 23.6 Å². The molecule has 4 N–H and O–H groups in total. The number of nitrogens with zero attached hydrogens (tertiary/aromatic N) is 4. The summed E-state index contributed by atoms with van der Waals surface area (Å²) in [5.74, 6) is 0.676. The third kappa shape index (κ3) is 3.77. The lowest BCUT2D eigenvalue weighted by Gasteiger charge is -2.16. The molecular weight excluding hydrogens is 361 g/mol. The van der Waals surface area contributed by atoms with E-state index in [1.807, 2.05) is 6.07 Å². The highest BCUT2D eigenvalue weighted by Crippen LogP contribution is 2.35. The number of hydrogen-bond acceptors (Lipinski definition) is 7. The van der Waals surface area contributed by atoms with Gasteiger partial charge in [-0.05, 0) is 31.4 Å². The van der Waals surface area contributed by atoms with Crippen molar-refractivity contribution in [1.29, 1.82) is 5.26 Å². The molecule has 0 amide bonds. The van der Waals surface area contributed by atoms with Crippen LogP contribution in [0.4, 0.5) is 16.0 Å². The van der Waals surface area contributed by atoms with Crippen molar-refractivity contribution in [2.45, 2.75) is 31.4 Å². The first kappa shape index (κ1) is 17.9. The summed E-state index contributed by atoms with van der Waals surface area (Å²) >= 11 is 0. The number of aromatic nitrogens is 4. The van der Waals surface area contributed by atoms with Gasteiger partial charge in [0, 0.05) is 17.7 Å². The monoisotopic (exact) mass is 379 g/mol. The van der Waals surface area contributed by atoms with E-state index in [0.717, 1.165) is 12.8 Å². The second-order valence-corrected chi connectivity index (χ2v) is 6.62. The van der Waals surface area contributed by atoms with Crippen LogP contribution in [-0.2, 0) is 0 Å². The van der Waals surface area contributed by atoms with Crippen molar-refractivity contribution < 1.29 is 9.13 Å². The molecule has 28 heavy (non-hydrogen) atoms. The van der Waals surface area contributed by atoms with Gasteiger partial charge in [0.25, 0.3) is 0 Å². The first-order valence-corrected chi connectivity index (χ1v) is 8.88. The Bertz CT molecular complexity index is 1010. The van der Waals surface area contributed by atoms with E-state index in [1.54, 1.807) is 18.2 Å². The minimum absolute atomic E-state index is 0.0942. The van der Waals surface area contributed by atoms with E-state index in [0.29, 0.717) is 29.3 Å².